The van der Waals surface area contributed by atoms with Crippen molar-refractivity contribution in [2.24, 2.45) is 11.3 Å². The van der Waals surface area contributed by atoms with E-state index in [0.29, 0.717) is 17.6 Å². The van der Waals surface area contributed by atoms with Crippen LogP contribution in [0.3, 0.4) is 0 Å². The fourth-order valence-corrected chi connectivity index (χ4v) is 1.56. The summed E-state index contributed by atoms with van der Waals surface area (Å²) in [5.74, 6) is 1.19. The molecule has 0 radical (unpaired) electrons. The van der Waals surface area contributed by atoms with Gasteiger partial charge in [-0.3, -0.25) is 4.79 Å². The summed E-state index contributed by atoms with van der Waals surface area (Å²) in [5.41, 5.74) is 0.339. The van der Waals surface area contributed by atoms with Gasteiger partial charge in [-0.15, -0.1) is 0 Å². The summed E-state index contributed by atoms with van der Waals surface area (Å²) in [6, 6.07) is 7.48. The van der Waals surface area contributed by atoms with E-state index in [1.165, 1.54) is 0 Å². The standard InChI is InChI=1S/C16H24N2O2S/c1-11(2)10-20-13-8-6-12(7-9-13)17-15(21)18-14(19)16(3,4)5/h6-9,11H,10H2,1-5H3,(H2,17,18,19,21). The van der Waals surface area contributed by atoms with Crippen molar-refractivity contribution in [3.8, 4) is 5.75 Å². The maximum Gasteiger partial charge on any atom is 0.231 e. The van der Waals surface area contributed by atoms with E-state index in [1.807, 2.05) is 45.0 Å². The van der Waals surface area contributed by atoms with Crippen LogP contribution < -0.4 is 15.4 Å². The average molecular weight is 308 g/mol. The summed E-state index contributed by atoms with van der Waals surface area (Å²) in [6.45, 7) is 10.4. The second kappa shape index (κ2) is 7.41. The lowest BCUT2D eigenvalue weighted by Crippen LogP contribution is -2.41. The molecule has 0 saturated carbocycles. The predicted molar refractivity (Wildman–Crippen MR) is 90.6 cm³/mol. The second-order valence-corrected chi connectivity index (χ2v) is 6.80. The minimum Gasteiger partial charge on any atom is -0.493 e. The van der Waals surface area contributed by atoms with Crippen molar-refractivity contribution in [1.82, 2.24) is 5.32 Å². The largest absolute Gasteiger partial charge is 0.493 e. The van der Waals surface area contributed by atoms with Gasteiger partial charge in [0, 0.05) is 11.1 Å². The molecule has 1 rings (SSSR count). The van der Waals surface area contributed by atoms with Crippen LogP contribution in [0.4, 0.5) is 5.69 Å². The molecule has 1 aromatic rings. The number of benzene rings is 1. The predicted octanol–water partition coefficient (Wildman–Crippen LogP) is 3.58. The number of ether oxygens (including phenoxy) is 1. The van der Waals surface area contributed by atoms with E-state index in [4.69, 9.17) is 17.0 Å². The van der Waals surface area contributed by atoms with Crippen LogP contribution in [0.15, 0.2) is 24.3 Å². The van der Waals surface area contributed by atoms with Crippen LogP contribution >= 0.6 is 12.2 Å². The van der Waals surface area contributed by atoms with E-state index in [-0.39, 0.29) is 5.91 Å². The molecule has 0 aliphatic carbocycles. The summed E-state index contributed by atoms with van der Waals surface area (Å²) in [6.07, 6.45) is 0. The molecule has 1 aromatic carbocycles. The van der Waals surface area contributed by atoms with Gasteiger partial charge in [0.05, 0.1) is 6.61 Å². The van der Waals surface area contributed by atoms with Gasteiger partial charge in [0.25, 0.3) is 0 Å². The molecule has 0 unspecified atom stereocenters. The summed E-state index contributed by atoms with van der Waals surface area (Å²) >= 11 is 5.13. The van der Waals surface area contributed by atoms with Gasteiger partial charge < -0.3 is 15.4 Å². The Hall–Kier alpha value is -1.62. The number of anilines is 1. The quantitative estimate of drug-likeness (QED) is 0.835. The Balaban J connectivity index is 2.52. The van der Waals surface area contributed by atoms with E-state index in [0.717, 1.165) is 11.4 Å². The molecule has 0 fully saturated rings. The van der Waals surface area contributed by atoms with E-state index in [2.05, 4.69) is 24.5 Å². The fourth-order valence-electron chi connectivity index (χ4n) is 1.35. The Kier molecular flexibility index (Phi) is 6.15. The van der Waals surface area contributed by atoms with Crippen LogP contribution in [0.1, 0.15) is 34.6 Å². The van der Waals surface area contributed by atoms with E-state index >= 15 is 0 Å². The number of carbonyl (C=O) groups excluding carboxylic acids is 1. The maximum absolute atomic E-state index is 11.8. The third-order valence-electron chi connectivity index (χ3n) is 2.60. The summed E-state index contributed by atoms with van der Waals surface area (Å²) in [5, 5.41) is 5.95. The highest BCUT2D eigenvalue weighted by Crippen LogP contribution is 2.17. The molecule has 0 aliphatic rings. The van der Waals surface area contributed by atoms with Gasteiger partial charge in [-0.2, -0.15) is 0 Å². The molecule has 4 nitrogen and oxygen atoms in total. The first-order valence-electron chi connectivity index (χ1n) is 7.04. The maximum atomic E-state index is 11.8. The zero-order chi connectivity index (χ0) is 16.0. The Bertz CT molecular complexity index is 490. The monoisotopic (exact) mass is 308 g/mol. The van der Waals surface area contributed by atoms with Crippen molar-refractivity contribution in [2.45, 2.75) is 34.6 Å². The van der Waals surface area contributed by atoms with E-state index < -0.39 is 5.41 Å². The molecule has 0 aliphatic heterocycles. The van der Waals surface area contributed by atoms with Crippen LogP contribution in [-0.2, 0) is 4.79 Å². The van der Waals surface area contributed by atoms with Crippen LogP contribution in [0, 0.1) is 11.3 Å². The zero-order valence-electron chi connectivity index (χ0n) is 13.3. The van der Waals surface area contributed by atoms with Crippen molar-refractivity contribution < 1.29 is 9.53 Å². The molecule has 0 atom stereocenters. The molecule has 0 bridgehead atoms. The van der Waals surface area contributed by atoms with Crippen LogP contribution in [0.25, 0.3) is 0 Å². The summed E-state index contributed by atoms with van der Waals surface area (Å²) in [4.78, 5) is 11.8. The normalized spacial score (nSPS) is 11.1. The van der Waals surface area contributed by atoms with Gasteiger partial charge in [0.2, 0.25) is 5.91 Å². The highest BCUT2D eigenvalue weighted by molar-refractivity contribution is 7.80. The van der Waals surface area contributed by atoms with Crippen LogP contribution in [0.2, 0.25) is 0 Å². The number of hydrogen-bond donors (Lipinski definition) is 2. The molecule has 116 valence electrons. The van der Waals surface area contributed by atoms with Gasteiger partial charge in [-0.25, -0.2) is 0 Å². The first kappa shape index (κ1) is 17.4. The zero-order valence-corrected chi connectivity index (χ0v) is 14.1. The molecular weight excluding hydrogens is 284 g/mol. The lowest BCUT2D eigenvalue weighted by atomic mass is 9.96. The number of amides is 1. The number of nitrogens with one attached hydrogen (secondary N) is 2. The van der Waals surface area contributed by atoms with Gasteiger partial charge >= 0.3 is 0 Å². The first-order valence-corrected chi connectivity index (χ1v) is 7.44. The van der Waals surface area contributed by atoms with Crippen molar-refractivity contribution in [3.05, 3.63) is 24.3 Å². The van der Waals surface area contributed by atoms with Crippen molar-refractivity contribution in [2.75, 3.05) is 11.9 Å². The van der Waals surface area contributed by atoms with Gasteiger partial charge in [0.1, 0.15) is 5.75 Å². The molecule has 0 saturated heterocycles. The van der Waals surface area contributed by atoms with Crippen molar-refractivity contribution in [3.63, 3.8) is 0 Å². The molecule has 1 amide bonds. The molecule has 0 heterocycles. The number of hydrogen-bond acceptors (Lipinski definition) is 3. The third-order valence-corrected chi connectivity index (χ3v) is 2.81. The third kappa shape index (κ3) is 6.58. The highest BCUT2D eigenvalue weighted by atomic mass is 32.1. The molecule has 21 heavy (non-hydrogen) atoms. The molecule has 0 aromatic heterocycles. The van der Waals surface area contributed by atoms with Crippen LogP contribution in [-0.4, -0.2) is 17.6 Å². The van der Waals surface area contributed by atoms with Crippen LogP contribution in [0.5, 0.6) is 5.75 Å². The van der Waals surface area contributed by atoms with Gasteiger partial charge in [0.15, 0.2) is 5.11 Å². The minimum atomic E-state index is -0.472. The molecule has 0 spiro atoms. The van der Waals surface area contributed by atoms with E-state index in [9.17, 15) is 4.79 Å². The van der Waals surface area contributed by atoms with Gasteiger partial charge in [-0.05, 0) is 42.4 Å². The first-order chi connectivity index (χ1) is 9.68. The lowest BCUT2D eigenvalue weighted by molar-refractivity contribution is -0.126. The molecule has 5 heteroatoms. The van der Waals surface area contributed by atoms with E-state index in [1.54, 1.807) is 0 Å². The SMILES string of the molecule is CC(C)COc1ccc(NC(=S)NC(=O)C(C)(C)C)cc1. The van der Waals surface area contributed by atoms with Crippen molar-refractivity contribution >= 4 is 28.9 Å². The number of thiocarbonyl (C=S) groups is 1. The fraction of sp³-hybridized carbons (Fsp3) is 0.500. The summed E-state index contributed by atoms with van der Waals surface area (Å²) in [7, 11) is 0. The topological polar surface area (TPSA) is 50.4 Å². The average Bonchev–Trinajstić information content (AvgIpc) is 2.36. The number of rotatable bonds is 4. The smallest absolute Gasteiger partial charge is 0.231 e. The Morgan fingerprint density at radius 1 is 1.24 bits per heavy atom. The second-order valence-electron chi connectivity index (χ2n) is 6.39. The number of carbonyl (C=O) groups is 1. The van der Waals surface area contributed by atoms with Gasteiger partial charge in [-0.1, -0.05) is 34.6 Å². The highest BCUT2D eigenvalue weighted by Gasteiger charge is 2.21. The Morgan fingerprint density at radius 3 is 2.29 bits per heavy atom. The Labute approximate surface area is 132 Å². The van der Waals surface area contributed by atoms with Crippen molar-refractivity contribution in [1.29, 1.82) is 0 Å². The molecular formula is C16H24N2O2S. The lowest BCUT2D eigenvalue weighted by Gasteiger charge is -2.18. The molecule has 2 N–H and O–H groups in total. The minimum absolute atomic E-state index is 0.114. The Morgan fingerprint density at radius 2 is 1.81 bits per heavy atom. The summed E-state index contributed by atoms with van der Waals surface area (Å²) < 4.78 is 5.61.